The number of aryl methyl sites for hydroxylation is 1. The monoisotopic (exact) mass is 299 g/mol. The molecular formula is C13H17NO5S. The number of benzene rings is 1. The van der Waals surface area contributed by atoms with Crippen molar-refractivity contribution >= 4 is 16.0 Å². The lowest BCUT2D eigenvalue weighted by atomic mass is 10.00. The summed E-state index contributed by atoms with van der Waals surface area (Å²) in [4.78, 5) is 10.7. The Kier molecular flexibility index (Phi) is 4.01. The fourth-order valence-corrected chi connectivity index (χ4v) is 4.05. The Morgan fingerprint density at radius 2 is 2.10 bits per heavy atom. The fourth-order valence-electron chi connectivity index (χ4n) is 2.22. The minimum absolute atomic E-state index is 0.00300. The molecule has 7 heteroatoms. The molecule has 1 aromatic rings. The summed E-state index contributed by atoms with van der Waals surface area (Å²) >= 11 is 0. The summed E-state index contributed by atoms with van der Waals surface area (Å²) in [5.41, 5.74) is 0.826. The van der Waals surface area contributed by atoms with Crippen LogP contribution in [0.4, 0.5) is 0 Å². The number of carbonyl (C=O) groups is 1. The molecule has 0 atom stereocenters. The Bertz CT molecular complexity index is 620. The molecule has 110 valence electrons. The van der Waals surface area contributed by atoms with Crippen molar-refractivity contribution in [3.63, 3.8) is 0 Å². The highest BCUT2D eigenvalue weighted by atomic mass is 32.2. The molecule has 1 heterocycles. The van der Waals surface area contributed by atoms with Gasteiger partial charge in [0.25, 0.3) is 0 Å². The van der Waals surface area contributed by atoms with Crippen LogP contribution in [0, 0.1) is 12.8 Å². The normalized spacial score (nSPS) is 16.7. The SMILES string of the molecule is COc1ccc(C)cc1S(=O)(=O)N1CC(CC(=O)O)C1. The molecule has 0 aliphatic carbocycles. The molecular weight excluding hydrogens is 282 g/mol. The van der Waals surface area contributed by atoms with Crippen molar-refractivity contribution in [2.45, 2.75) is 18.2 Å². The van der Waals surface area contributed by atoms with Crippen molar-refractivity contribution in [3.05, 3.63) is 23.8 Å². The molecule has 1 aliphatic heterocycles. The van der Waals surface area contributed by atoms with Gasteiger partial charge in [-0.25, -0.2) is 8.42 Å². The van der Waals surface area contributed by atoms with E-state index in [0.29, 0.717) is 5.75 Å². The molecule has 6 nitrogen and oxygen atoms in total. The minimum Gasteiger partial charge on any atom is -0.495 e. The third-order valence-corrected chi connectivity index (χ3v) is 5.18. The van der Waals surface area contributed by atoms with E-state index in [1.165, 1.54) is 11.4 Å². The van der Waals surface area contributed by atoms with Gasteiger partial charge < -0.3 is 9.84 Å². The van der Waals surface area contributed by atoms with Gasteiger partial charge in [-0.3, -0.25) is 4.79 Å². The molecule has 0 amide bonds. The van der Waals surface area contributed by atoms with Gasteiger partial charge in [0.15, 0.2) is 0 Å². The van der Waals surface area contributed by atoms with Crippen LogP contribution in [0.3, 0.4) is 0 Å². The Morgan fingerprint density at radius 3 is 2.65 bits per heavy atom. The van der Waals surface area contributed by atoms with E-state index in [9.17, 15) is 13.2 Å². The van der Waals surface area contributed by atoms with Gasteiger partial charge in [-0.05, 0) is 30.5 Å². The molecule has 0 bridgehead atoms. The summed E-state index contributed by atoms with van der Waals surface area (Å²) < 4.78 is 31.3. The van der Waals surface area contributed by atoms with Crippen molar-refractivity contribution < 1.29 is 23.1 Å². The van der Waals surface area contributed by atoms with Crippen LogP contribution < -0.4 is 4.74 Å². The average molecular weight is 299 g/mol. The maximum atomic E-state index is 12.5. The van der Waals surface area contributed by atoms with Gasteiger partial charge in [-0.15, -0.1) is 0 Å². The van der Waals surface area contributed by atoms with Crippen LogP contribution in [0.5, 0.6) is 5.75 Å². The number of carboxylic acids is 1. The van der Waals surface area contributed by atoms with Crippen LogP contribution in [0.2, 0.25) is 0 Å². The second-order valence-corrected chi connectivity index (χ2v) is 6.85. The van der Waals surface area contributed by atoms with Gasteiger partial charge in [-0.2, -0.15) is 4.31 Å². The zero-order chi connectivity index (χ0) is 14.9. The van der Waals surface area contributed by atoms with Gasteiger partial charge in [-0.1, -0.05) is 6.07 Å². The molecule has 1 fully saturated rings. The Morgan fingerprint density at radius 1 is 1.45 bits per heavy atom. The van der Waals surface area contributed by atoms with E-state index in [4.69, 9.17) is 9.84 Å². The quantitative estimate of drug-likeness (QED) is 0.880. The number of hydrogen-bond acceptors (Lipinski definition) is 4. The first-order valence-electron chi connectivity index (χ1n) is 6.21. The average Bonchev–Trinajstić information content (AvgIpc) is 2.32. The molecule has 1 aliphatic rings. The maximum Gasteiger partial charge on any atom is 0.303 e. The smallest absolute Gasteiger partial charge is 0.303 e. The zero-order valence-corrected chi connectivity index (χ0v) is 12.2. The lowest BCUT2D eigenvalue weighted by molar-refractivity contribution is -0.139. The van der Waals surface area contributed by atoms with Crippen LogP contribution >= 0.6 is 0 Å². The number of methoxy groups -OCH3 is 1. The lowest BCUT2D eigenvalue weighted by Crippen LogP contribution is -2.50. The summed E-state index contributed by atoms with van der Waals surface area (Å²) in [7, 11) is -2.20. The first kappa shape index (κ1) is 14.8. The van der Waals surface area contributed by atoms with Gasteiger partial charge in [0.2, 0.25) is 10.0 Å². The van der Waals surface area contributed by atoms with Crippen LogP contribution in [-0.4, -0.2) is 44.0 Å². The highest BCUT2D eigenvalue weighted by Gasteiger charge is 2.38. The van der Waals surface area contributed by atoms with Crippen LogP contribution in [0.1, 0.15) is 12.0 Å². The number of hydrogen-bond donors (Lipinski definition) is 1. The minimum atomic E-state index is -3.62. The molecule has 1 aromatic carbocycles. The summed E-state index contributed by atoms with van der Waals surface area (Å²) in [6, 6.07) is 4.97. The third-order valence-electron chi connectivity index (χ3n) is 3.32. The van der Waals surface area contributed by atoms with Gasteiger partial charge in [0.1, 0.15) is 10.6 Å². The van der Waals surface area contributed by atoms with Crippen LogP contribution in [0.15, 0.2) is 23.1 Å². The van der Waals surface area contributed by atoms with E-state index < -0.39 is 16.0 Å². The molecule has 0 saturated carbocycles. The van der Waals surface area contributed by atoms with Crippen molar-refractivity contribution in [2.24, 2.45) is 5.92 Å². The van der Waals surface area contributed by atoms with Crippen LogP contribution in [-0.2, 0) is 14.8 Å². The summed E-state index contributed by atoms with van der Waals surface area (Å²) in [5.74, 6) is -0.712. The molecule has 2 rings (SSSR count). The highest BCUT2D eigenvalue weighted by molar-refractivity contribution is 7.89. The molecule has 0 radical (unpaired) electrons. The number of rotatable bonds is 5. The van der Waals surface area contributed by atoms with E-state index in [1.54, 1.807) is 18.2 Å². The van der Waals surface area contributed by atoms with Crippen LogP contribution in [0.25, 0.3) is 0 Å². The lowest BCUT2D eigenvalue weighted by Gasteiger charge is -2.37. The topological polar surface area (TPSA) is 83.9 Å². The Labute approximate surface area is 118 Å². The number of nitrogens with zero attached hydrogens (tertiary/aromatic N) is 1. The van der Waals surface area contributed by atoms with Crippen molar-refractivity contribution in [3.8, 4) is 5.75 Å². The predicted molar refractivity (Wildman–Crippen MR) is 72.2 cm³/mol. The summed E-state index contributed by atoms with van der Waals surface area (Å²) in [6.07, 6.45) is -0.00300. The Balaban J connectivity index is 2.20. The molecule has 0 unspecified atom stereocenters. The number of aliphatic carboxylic acids is 1. The number of sulfonamides is 1. The highest BCUT2D eigenvalue weighted by Crippen LogP contribution is 2.32. The van der Waals surface area contributed by atoms with Gasteiger partial charge in [0, 0.05) is 13.1 Å². The number of carboxylic acid groups (broad SMARTS) is 1. The fraction of sp³-hybridized carbons (Fsp3) is 0.462. The van der Waals surface area contributed by atoms with Gasteiger partial charge >= 0.3 is 5.97 Å². The zero-order valence-electron chi connectivity index (χ0n) is 11.4. The summed E-state index contributed by atoms with van der Waals surface area (Å²) in [5, 5.41) is 8.69. The second kappa shape index (κ2) is 5.41. The molecule has 1 saturated heterocycles. The maximum absolute atomic E-state index is 12.5. The first-order valence-corrected chi connectivity index (χ1v) is 7.65. The standard InChI is InChI=1S/C13H17NO5S/c1-9-3-4-11(19-2)12(5-9)20(17,18)14-7-10(8-14)6-13(15)16/h3-5,10H,6-8H2,1-2H3,(H,15,16). The summed E-state index contributed by atoms with van der Waals surface area (Å²) in [6.45, 7) is 2.29. The number of ether oxygens (including phenoxy) is 1. The molecule has 0 spiro atoms. The van der Waals surface area contributed by atoms with E-state index >= 15 is 0 Å². The van der Waals surface area contributed by atoms with E-state index in [2.05, 4.69) is 0 Å². The van der Waals surface area contributed by atoms with Crippen molar-refractivity contribution in [2.75, 3.05) is 20.2 Å². The second-order valence-electron chi connectivity index (χ2n) is 4.94. The molecule has 20 heavy (non-hydrogen) atoms. The largest absolute Gasteiger partial charge is 0.495 e. The molecule has 1 N–H and O–H groups in total. The Hall–Kier alpha value is -1.60. The molecule has 0 aromatic heterocycles. The van der Waals surface area contributed by atoms with E-state index in [0.717, 1.165) is 5.56 Å². The van der Waals surface area contributed by atoms with Crippen molar-refractivity contribution in [1.29, 1.82) is 0 Å². The third kappa shape index (κ3) is 2.78. The first-order chi connectivity index (χ1) is 9.34. The van der Waals surface area contributed by atoms with E-state index in [1.807, 2.05) is 6.92 Å². The van der Waals surface area contributed by atoms with E-state index in [-0.39, 0.29) is 30.3 Å². The van der Waals surface area contributed by atoms with Crippen molar-refractivity contribution in [1.82, 2.24) is 4.31 Å². The predicted octanol–water partition coefficient (Wildman–Crippen LogP) is 1.10. The van der Waals surface area contributed by atoms with Gasteiger partial charge in [0.05, 0.1) is 13.5 Å².